The normalized spacial score (nSPS) is 17.0. The van der Waals surface area contributed by atoms with Gasteiger partial charge in [0, 0.05) is 101 Å². The summed E-state index contributed by atoms with van der Waals surface area (Å²) in [6, 6.07) is 1.10. The van der Waals surface area contributed by atoms with Crippen molar-refractivity contribution in [3.8, 4) is 0 Å². The number of aliphatic hydroxyl groups excluding tert-OH is 4. The van der Waals surface area contributed by atoms with Crippen LogP contribution in [0, 0.1) is 0 Å². The summed E-state index contributed by atoms with van der Waals surface area (Å²) >= 11 is 0. The Balaban J connectivity index is 2.49. The van der Waals surface area contributed by atoms with E-state index in [9.17, 15) is 20.4 Å². The fraction of sp³-hybridized carbons (Fsp3) is 1.00. The lowest BCUT2D eigenvalue weighted by Gasteiger charge is -2.44. The molecule has 6 atom stereocenters. The van der Waals surface area contributed by atoms with Crippen LogP contribution in [0.1, 0.15) is 324 Å². The monoisotopic (exact) mass is 1230 g/mol. The standard InChI is InChI=1S/C70H144N4O4S4/c1-7-11-15-19-23-27-31-35-39-43-47-67(75)61-71(62-68(76)48-44-40-36-32-28-24-20-16-12-8-2)51-55-79-81-57-53-73-59-66(6)74(60-65(73)5)54-58-82-80-56-52-72(63-69(77)49-45-41-37-33-29-25-21-17-13-9-3)64-70(78)50-46-42-38-34-30-26-22-18-14-10-4/h65-70,75-78H,7-64H2,1-6H3. The Morgan fingerprint density at radius 3 is 0.720 bits per heavy atom. The van der Waals surface area contributed by atoms with E-state index < -0.39 is 0 Å². The average Bonchev–Trinajstić information content (AvgIpc) is 3.49. The Labute approximate surface area is 528 Å². The SMILES string of the molecule is CCCCCCCCCCCCC(O)CN(CCSSCCN1CC(C)N(CCSSCCN(CC(O)CCCCCCCCCCCC)CC(O)CCCCCCCCCCCC)CC1C)CC(O)CCCCCCCCCCCC. The molecule has 1 rings (SSSR count). The number of hydrogen-bond acceptors (Lipinski definition) is 12. The van der Waals surface area contributed by atoms with Crippen molar-refractivity contribution in [1.29, 1.82) is 0 Å². The zero-order chi connectivity index (χ0) is 59.6. The molecular weight excluding hydrogens is 1090 g/mol. The van der Waals surface area contributed by atoms with Gasteiger partial charge >= 0.3 is 0 Å². The van der Waals surface area contributed by atoms with Crippen LogP contribution in [0.25, 0.3) is 0 Å². The molecule has 8 nitrogen and oxygen atoms in total. The number of piperazine rings is 1. The Bertz CT molecular complexity index is 1110. The minimum atomic E-state index is -0.310. The number of aliphatic hydroxyl groups is 4. The second-order valence-corrected chi connectivity index (χ2v) is 31.4. The molecule has 1 aliphatic rings. The van der Waals surface area contributed by atoms with E-state index in [1.807, 2.05) is 43.2 Å². The molecule has 492 valence electrons. The van der Waals surface area contributed by atoms with Crippen molar-refractivity contribution in [1.82, 2.24) is 19.6 Å². The molecule has 0 aromatic carbocycles. The molecule has 0 aromatic heterocycles. The van der Waals surface area contributed by atoms with E-state index in [2.05, 4.69) is 61.1 Å². The summed E-state index contributed by atoms with van der Waals surface area (Å²) in [7, 11) is 7.97. The van der Waals surface area contributed by atoms with E-state index >= 15 is 0 Å². The molecule has 0 radical (unpaired) electrons. The van der Waals surface area contributed by atoms with Crippen molar-refractivity contribution in [2.45, 2.75) is 361 Å². The molecule has 0 aromatic rings. The van der Waals surface area contributed by atoms with Gasteiger partial charge < -0.3 is 20.4 Å². The highest BCUT2D eigenvalue weighted by Gasteiger charge is 2.28. The molecule has 1 heterocycles. The topological polar surface area (TPSA) is 93.9 Å². The number of unbranched alkanes of at least 4 members (excludes halogenated alkanes) is 36. The lowest BCUT2D eigenvalue weighted by atomic mass is 10.0. The molecule has 0 spiro atoms. The highest BCUT2D eigenvalue weighted by atomic mass is 33.1. The van der Waals surface area contributed by atoms with E-state index in [1.165, 1.54) is 231 Å². The maximum absolute atomic E-state index is 11.2. The van der Waals surface area contributed by atoms with Crippen molar-refractivity contribution in [2.24, 2.45) is 0 Å². The minimum Gasteiger partial charge on any atom is -0.392 e. The lowest BCUT2D eigenvalue weighted by Crippen LogP contribution is -2.57. The van der Waals surface area contributed by atoms with Crippen LogP contribution >= 0.6 is 43.2 Å². The van der Waals surface area contributed by atoms with Gasteiger partial charge in [-0.2, -0.15) is 0 Å². The quantitative estimate of drug-likeness (QED) is 0.0345. The Morgan fingerprint density at radius 1 is 0.305 bits per heavy atom. The van der Waals surface area contributed by atoms with Crippen LogP contribution in [0.5, 0.6) is 0 Å². The maximum atomic E-state index is 11.2. The molecule has 1 aliphatic heterocycles. The van der Waals surface area contributed by atoms with E-state index in [0.29, 0.717) is 38.3 Å². The summed E-state index contributed by atoms with van der Waals surface area (Å²) in [5, 5.41) is 44.7. The predicted molar refractivity (Wildman–Crippen MR) is 375 cm³/mol. The lowest BCUT2D eigenvalue weighted by molar-refractivity contribution is 0.0516. The van der Waals surface area contributed by atoms with Crippen molar-refractivity contribution in [3.63, 3.8) is 0 Å². The third-order valence-corrected chi connectivity index (χ3v) is 22.5. The first-order valence-corrected chi connectivity index (χ1v) is 41.2. The van der Waals surface area contributed by atoms with Gasteiger partial charge in [0.05, 0.1) is 24.4 Å². The Morgan fingerprint density at radius 2 is 0.500 bits per heavy atom. The summed E-state index contributed by atoms with van der Waals surface area (Å²) in [5.74, 6) is 4.30. The van der Waals surface area contributed by atoms with Crippen LogP contribution < -0.4 is 0 Å². The summed E-state index contributed by atoms with van der Waals surface area (Å²) < 4.78 is 0. The fourth-order valence-corrected chi connectivity index (χ4v) is 16.4. The molecule has 0 amide bonds. The molecular formula is C70H144N4O4S4. The molecule has 1 saturated heterocycles. The molecule has 0 aliphatic carbocycles. The number of nitrogens with zero attached hydrogens (tertiary/aromatic N) is 4. The van der Waals surface area contributed by atoms with Gasteiger partial charge in [-0.3, -0.25) is 19.6 Å². The molecule has 4 N–H and O–H groups in total. The van der Waals surface area contributed by atoms with Crippen molar-refractivity contribution < 1.29 is 20.4 Å². The van der Waals surface area contributed by atoms with E-state index in [-0.39, 0.29) is 24.4 Å². The van der Waals surface area contributed by atoms with Crippen molar-refractivity contribution in [3.05, 3.63) is 0 Å². The van der Waals surface area contributed by atoms with Crippen LogP contribution in [-0.2, 0) is 0 Å². The second kappa shape index (κ2) is 62.3. The number of hydrogen-bond donors (Lipinski definition) is 4. The minimum absolute atomic E-state index is 0.310. The molecule has 0 saturated carbocycles. The largest absolute Gasteiger partial charge is 0.392 e. The van der Waals surface area contributed by atoms with Gasteiger partial charge in [0.25, 0.3) is 0 Å². The molecule has 6 unspecified atom stereocenters. The third-order valence-electron chi connectivity index (χ3n) is 17.8. The Kier molecular flexibility index (Phi) is 61.6. The van der Waals surface area contributed by atoms with Crippen molar-refractivity contribution in [2.75, 3.05) is 88.5 Å². The van der Waals surface area contributed by atoms with Gasteiger partial charge in [-0.15, -0.1) is 0 Å². The first-order chi connectivity index (χ1) is 40.1. The van der Waals surface area contributed by atoms with Crippen LogP contribution in [-0.4, -0.2) is 165 Å². The van der Waals surface area contributed by atoms with Crippen LogP contribution in [0.3, 0.4) is 0 Å². The van der Waals surface area contributed by atoms with Gasteiger partial charge in [-0.1, -0.05) is 328 Å². The summed E-state index contributed by atoms with van der Waals surface area (Å²) in [4.78, 5) is 10.2. The first-order valence-electron chi connectivity index (χ1n) is 36.3. The fourth-order valence-electron chi connectivity index (χ4n) is 12.3. The molecule has 82 heavy (non-hydrogen) atoms. The highest BCUT2D eigenvalue weighted by molar-refractivity contribution is 8.77. The van der Waals surface area contributed by atoms with Gasteiger partial charge in [0.2, 0.25) is 0 Å². The first kappa shape index (κ1) is 81.1. The van der Waals surface area contributed by atoms with Gasteiger partial charge in [0.15, 0.2) is 0 Å². The second-order valence-electron chi connectivity index (χ2n) is 26.0. The summed E-state index contributed by atoms with van der Waals surface area (Å²) in [6.45, 7) is 23.1. The van der Waals surface area contributed by atoms with Gasteiger partial charge in [0.1, 0.15) is 0 Å². The zero-order valence-corrected chi connectivity index (χ0v) is 59.0. The molecule has 0 bridgehead atoms. The third kappa shape index (κ3) is 53.0. The summed E-state index contributed by atoms with van der Waals surface area (Å²) in [6.07, 6.45) is 55.0. The molecule has 12 heteroatoms. The van der Waals surface area contributed by atoms with Gasteiger partial charge in [-0.05, 0) is 39.5 Å². The van der Waals surface area contributed by atoms with Crippen LogP contribution in [0.2, 0.25) is 0 Å². The van der Waals surface area contributed by atoms with Gasteiger partial charge in [-0.25, -0.2) is 0 Å². The van der Waals surface area contributed by atoms with Crippen molar-refractivity contribution >= 4 is 43.2 Å². The summed E-state index contributed by atoms with van der Waals surface area (Å²) in [5.41, 5.74) is 0. The van der Waals surface area contributed by atoms with E-state index in [0.717, 1.165) is 114 Å². The zero-order valence-electron chi connectivity index (χ0n) is 55.7. The van der Waals surface area contributed by atoms with Crippen LogP contribution in [0.4, 0.5) is 0 Å². The smallest absolute Gasteiger partial charge is 0.0667 e. The predicted octanol–water partition coefficient (Wildman–Crippen LogP) is 19.4. The van der Waals surface area contributed by atoms with Crippen LogP contribution in [0.15, 0.2) is 0 Å². The Hall–Kier alpha value is 1.08. The average molecular weight is 1230 g/mol. The highest BCUT2D eigenvalue weighted by Crippen LogP contribution is 2.26. The van der Waals surface area contributed by atoms with E-state index in [1.54, 1.807) is 0 Å². The van der Waals surface area contributed by atoms with E-state index in [4.69, 9.17) is 0 Å². The number of rotatable bonds is 66. The molecule has 1 fully saturated rings. The maximum Gasteiger partial charge on any atom is 0.0667 e.